The minimum Gasteiger partial charge on any atom is -0.508 e. The molecule has 3 rings (SSSR count). The van der Waals surface area contributed by atoms with E-state index in [2.05, 4.69) is 5.32 Å². The first-order valence-electron chi connectivity index (χ1n) is 7.99. The van der Waals surface area contributed by atoms with Crippen molar-refractivity contribution < 1.29 is 9.90 Å². The Morgan fingerprint density at radius 1 is 0.880 bits per heavy atom. The van der Waals surface area contributed by atoms with Crippen molar-refractivity contribution in [3.05, 3.63) is 101 Å². The smallest absolute Gasteiger partial charge is 0.225 e. The van der Waals surface area contributed by atoms with Gasteiger partial charge < -0.3 is 10.4 Å². The predicted molar refractivity (Wildman–Crippen MR) is 99.7 cm³/mol. The van der Waals surface area contributed by atoms with Crippen molar-refractivity contribution in [1.82, 2.24) is 5.32 Å². The van der Waals surface area contributed by atoms with Gasteiger partial charge in [0.2, 0.25) is 5.91 Å². The second kappa shape index (κ2) is 7.86. The topological polar surface area (TPSA) is 49.3 Å². The van der Waals surface area contributed by atoms with Gasteiger partial charge in [-0.15, -0.1) is 0 Å². The van der Waals surface area contributed by atoms with Gasteiger partial charge in [0.1, 0.15) is 5.75 Å². The molecular formula is C21H18ClNO2. The van der Waals surface area contributed by atoms with Crippen LogP contribution in [-0.2, 0) is 11.2 Å². The number of halogens is 1. The number of hydrogen-bond acceptors (Lipinski definition) is 2. The van der Waals surface area contributed by atoms with Gasteiger partial charge in [-0.2, -0.15) is 0 Å². The summed E-state index contributed by atoms with van der Waals surface area (Å²) in [6.07, 6.45) is 0.247. The molecule has 2 N–H and O–H groups in total. The van der Waals surface area contributed by atoms with Gasteiger partial charge in [0.15, 0.2) is 0 Å². The zero-order chi connectivity index (χ0) is 17.6. The molecule has 1 unspecified atom stereocenters. The molecule has 0 aliphatic rings. The van der Waals surface area contributed by atoms with Crippen LogP contribution in [0.25, 0.3) is 0 Å². The van der Waals surface area contributed by atoms with Gasteiger partial charge in [-0.3, -0.25) is 4.79 Å². The zero-order valence-electron chi connectivity index (χ0n) is 13.5. The first-order valence-corrected chi connectivity index (χ1v) is 8.37. The maximum absolute atomic E-state index is 12.5. The number of carbonyl (C=O) groups is 1. The summed E-state index contributed by atoms with van der Waals surface area (Å²) in [5.41, 5.74) is 2.82. The lowest BCUT2D eigenvalue weighted by Gasteiger charge is -2.20. The summed E-state index contributed by atoms with van der Waals surface area (Å²) >= 11 is 5.98. The van der Waals surface area contributed by atoms with Crippen LogP contribution in [0.15, 0.2) is 78.9 Å². The maximum atomic E-state index is 12.5. The average Bonchev–Trinajstić information content (AvgIpc) is 2.63. The first-order chi connectivity index (χ1) is 12.1. The molecule has 0 saturated carbocycles. The lowest BCUT2D eigenvalue weighted by atomic mass is 9.98. The van der Waals surface area contributed by atoms with Crippen molar-refractivity contribution in [2.24, 2.45) is 0 Å². The molecule has 0 radical (unpaired) electrons. The molecule has 0 aliphatic carbocycles. The predicted octanol–water partition coefficient (Wildman–Crippen LogP) is 4.49. The third-order valence-electron chi connectivity index (χ3n) is 3.94. The lowest BCUT2D eigenvalue weighted by Crippen LogP contribution is -2.30. The second-order valence-electron chi connectivity index (χ2n) is 5.81. The Bertz CT molecular complexity index is 830. The Hall–Kier alpha value is -2.78. The molecule has 126 valence electrons. The summed E-state index contributed by atoms with van der Waals surface area (Å²) in [5, 5.41) is 13.1. The highest BCUT2D eigenvalue weighted by Crippen LogP contribution is 2.23. The van der Waals surface area contributed by atoms with E-state index in [-0.39, 0.29) is 24.1 Å². The minimum atomic E-state index is -0.247. The normalized spacial score (nSPS) is 11.7. The van der Waals surface area contributed by atoms with Crippen LogP contribution in [0.2, 0.25) is 5.02 Å². The maximum Gasteiger partial charge on any atom is 0.225 e. The van der Waals surface area contributed by atoms with E-state index in [0.717, 1.165) is 16.7 Å². The number of amides is 1. The number of rotatable bonds is 5. The third kappa shape index (κ3) is 4.61. The highest BCUT2D eigenvalue weighted by atomic mass is 35.5. The Labute approximate surface area is 151 Å². The van der Waals surface area contributed by atoms with Gasteiger partial charge in [-0.25, -0.2) is 0 Å². The van der Waals surface area contributed by atoms with E-state index >= 15 is 0 Å². The SMILES string of the molecule is O=C(Cc1ccc(O)cc1)NC(c1ccccc1)c1ccc(Cl)cc1. The van der Waals surface area contributed by atoms with Gasteiger partial charge in [0, 0.05) is 5.02 Å². The Morgan fingerprint density at radius 2 is 1.48 bits per heavy atom. The van der Waals surface area contributed by atoms with Gasteiger partial charge in [0.25, 0.3) is 0 Å². The van der Waals surface area contributed by atoms with Crippen molar-refractivity contribution in [3.63, 3.8) is 0 Å². The van der Waals surface area contributed by atoms with Crippen LogP contribution in [0.4, 0.5) is 0 Å². The van der Waals surface area contributed by atoms with Crippen LogP contribution in [0.5, 0.6) is 5.75 Å². The fraction of sp³-hybridized carbons (Fsp3) is 0.0952. The van der Waals surface area contributed by atoms with Crippen molar-refractivity contribution in [2.45, 2.75) is 12.5 Å². The van der Waals surface area contributed by atoms with Crippen molar-refractivity contribution in [2.75, 3.05) is 0 Å². The monoisotopic (exact) mass is 351 g/mol. The highest BCUT2D eigenvalue weighted by molar-refractivity contribution is 6.30. The number of phenols is 1. The summed E-state index contributed by atoms with van der Waals surface area (Å²) in [7, 11) is 0. The van der Waals surface area contributed by atoms with Crippen LogP contribution < -0.4 is 5.32 Å². The number of phenolic OH excluding ortho intramolecular Hbond substituents is 1. The molecule has 1 atom stereocenters. The van der Waals surface area contributed by atoms with Crippen LogP contribution in [0.3, 0.4) is 0 Å². The molecule has 0 spiro atoms. The lowest BCUT2D eigenvalue weighted by molar-refractivity contribution is -0.120. The Balaban J connectivity index is 1.81. The molecule has 0 bridgehead atoms. The van der Waals surface area contributed by atoms with E-state index in [1.807, 2.05) is 54.6 Å². The largest absolute Gasteiger partial charge is 0.508 e. The Morgan fingerprint density at radius 3 is 2.12 bits per heavy atom. The average molecular weight is 352 g/mol. The van der Waals surface area contributed by atoms with Gasteiger partial charge >= 0.3 is 0 Å². The molecule has 0 aliphatic heterocycles. The van der Waals surface area contributed by atoms with E-state index in [0.29, 0.717) is 5.02 Å². The number of aromatic hydroxyl groups is 1. The molecular weight excluding hydrogens is 334 g/mol. The molecule has 3 nitrogen and oxygen atoms in total. The van der Waals surface area contributed by atoms with E-state index in [1.54, 1.807) is 24.3 Å². The summed E-state index contributed by atoms with van der Waals surface area (Å²) in [6.45, 7) is 0. The number of carbonyl (C=O) groups excluding carboxylic acids is 1. The summed E-state index contributed by atoms with van der Waals surface area (Å²) in [6, 6.07) is 23.7. The number of benzene rings is 3. The number of nitrogens with one attached hydrogen (secondary N) is 1. The third-order valence-corrected chi connectivity index (χ3v) is 4.19. The highest BCUT2D eigenvalue weighted by Gasteiger charge is 2.17. The van der Waals surface area contributed by atoms with E-state index in [9.17, 15) is 9.90 Å². The quantitative estimate of drug-likeness (QED) is 0.711. The molecule has 3 aromatic carbocycles. The van der Waals surface area contributed by atoms with Gasteiger partial charge in [-0.05, 0) is 41.0 Å². The van der Waals surface area contributed by atoms with Crippen LogP contribution in [-0.4, -0.2) is 11.0 Å². The fourth-order valence-corrected chi connectivity index (χ4v) is 2.80. The fourth-order valence-electron chi connectivity index (χ4n) is 2.67. The van der Waals surface area contributed by atoms with E-state index < -0.39 is 0 Å². The molecule has 0 aromatic heterocycles. The number of hydrogen-bond donors (Lipinski definition) is 2. The van der Waals surface area contributed by atoms with E-state index in [1.165, 1.54) is 0 Å². The standard InChI is InChI=1S/C21H18ClNO2/c22-18-10-8-17(9-11-18)21(16-4-2-1-3-5-16)23-20(25)14-15-6-12-19(24)13-7-15/h1-13,21,24H,14H2,(H,23,25). The molecule has 4 heteroatoms. The second-order valence-corrected chi connectivity index (χ2v) is 6.24. The Kier molecular flexibility index (Phi) is 5.36. The molecule has 0 heterocycles. The van der Waals surface area contributed by atoms with Crippen LogP contribution >= 0.6 is 11.6 Å². The van der Waals surface area contributed by atoms with Crippen molar-refractivity contribution in [1.29, 1.82) is 0 Å². The summed E-state index contributed by atoms with van der Waals surface area (Å²) in [4.78, 5) is 12.5. The summed E-state index contributed by atoms with van der Waals surface area (Å²) in [5.74, 6) is 0.0991. The van der Waals surface area contributed by atoms with Gasteiger partial charge in [-0.1, -0.05) is 66.2 Å². The van der Waals surface area contributed by atoms with Crippen LogP contribution in [0, 0.1) is 0 Å². The molecule has 3 aromatic rings. The van der Waals surface area contributed by atoms with Crippen molar-refractivity contribution >= 4 is 17.5 Å². The summed E-state index contributed by atoms with van der Waals surface area (Å²) < 4.78 is 0. The minimum absolute atomic E-state index is 0.0884. The van der Waals surface area contributed by atoms with Crippen LogP contribution in [0.1, 0.15) is 22.7 Å². The van der Waals surface area contributed by atoms with Crippen molar-refractivity contribution in [3.8, 4) is 5.75 Å². The van der Waals surface area contributed by atoms with Gasteiger partial charge in [0.05, 0.1) is 12.5 Å². The van der Waals surface area contributed by atoms with E-state index in [4.69, 9.17) is 11.6 Å². The molecule has 1 amide bonds. The zero-order valence-corrected chi connectivity index (χ0v) is 14.3. The molecule has 25 heavy (non-hydrogen) atoms. The first kappa shape index (κ1) is 17.1. The molecule has 0 fully saturated rings. The molecule has 0 saturated heterocycles.